The molecule has 0 saturated heterocycles. The average molecular weight is 432 g/mol. The largest absolute Gasteiger partial charge is 0.487 e. The third-order valence-corrected chi connectivity index (χ3v) is 5.32. The van der Waals surface area contributed by atoms with Crippen LogP contribution in [0.2, 0.25) is 5.02 Å². The van der Waals surface area contributed by atoms with E-state index in [0.717, 1.165) is 10.7 Å². The molecule has 0 radical (unpaired) electrons. The van der Waals surface area contributed by atoms with Gasteiger partial charge in [-0.1, -0.05) is 17.7 Å². The summed E-state index contributed by atoms with van der Waals surface area (Å²) in [6.45, 7) is 2.39. The zero-order valence-electron chi connectivity index (χ0n) is 15.8. The Hall–Kier alpha value is -2.97. The van der Waals surface area contributed by atoms with E-state index >= 15 is 0 Å². The van der Waals surface area contributed by atoms with Crippen LogP contribution in [0, 0.1) is 17.0 Å². The number of nitrogens with zero attached hydrogens (tertiary/aromatic N) is 3. The lowest BCUT2D eigenvalue weighted by atomic mass is 10.1. The van der Waals surface area contributed by atoms with Crippen molar-refractivity contribution in [3.63, 3.8) is 0 Å². The molecule has 0 aliphatic carbocycles. The van der Waals surface area contributed by atoms with Crippen molar-refractivity contribution in [1.29, 1.82) is 0 Å². The molecule has 0 fully saturated rings. The molecule has 1 amide bonds. The lowest BCUT2D eigenvalue weighted by molar-refractivity contribution is -0.384. The minimum absolute atomic E-state index is 0.0714. The van der Waals surface area contributed by atoms with Gasteiger partial charge in [0.25, 0.3) is 11.6 Å². The Kier molecular flexibility index (Phi) is 6.46. The summed E-state index contributed by atoms with van der Waals surface area (Å²) in [5, 5.41) is 14.2. The van der Waals surface area contributed by atoms with Gasteiger partial charge in [0, 0.05) is 41.7 Å². The molecule has 3 aromatic rings. The third kappa shape index (κ3) is 5.30. The highest BCUT2D eigenvalue weighted by molar-refractivity contribution is 7.09. The number of hydrogen-bond acceptors (Lipinski definition) is 6. The van der Waals surface area contributed by atoms with Gasteiger partial charge in [0.2, 0.25) is 0 Å². The van der Waals surface area contributed by atoms with E-state index in [-0.39, 0.29) is 18.1 Å². The number of rotatable bonds is 7. The number of thiazole rings is 1. The minimum Gasteiger partial charge on any atom is -0.487 e. The number of non-ortho nitro benzene ring substituents is 1. The van der Waals surface area contributed by atoms with Crippen LogP contribution in [0.25, 0.3) is 0 Å². The molecule has 7 nitrogen and oxygen atoms in total. The van der Waals surface area contributed by atoms with E-state index in [9.17, 15) is 14.9 Å². The van der Waals surface area contributed by atoms with Crippen LogP contribution in [0.4, 0.5) is 5.69 Å². The summed E-state index contributed by atoms with van der Waals surface area (Å²) in [6.07, 6.45) is 0. The number of aryl methyl sites for hydroxylation is 1. The molecular weight excluding hydrogens is 414 g/mol. The summed E-state index contributed by atoms with van der Waals surface area (Å²) >= 11 is 7.69. The lowest BCUT2D eigenvalue weighted by Gasteiger charge is -2.18. The molecule has 9 heteroatoms. The zero-order valence-corrected chi connectivity index (χ0v) is 17.4. The van der Waals surface area contributed by atoms with Gasteiger partial charge in [0.05, 0.1) is 15.6 Å². The maximum atomic E-state index is 12.8. The average Bonchev–Trinajstić information content (AvgIpc) is 3.12. The van der Waals surface area contributed by atoms with Crippen LogP contribution >= 0.6 is 22.9 Å². The molecule has 0 bridgehead atoms. The third-order valence-electron chi connectivity index (χ3n) is 4.13. The standard InChI is InChI=1S/C20H18ClN3O4S/c1-13-22-16(12-29-13)11-28-18-5-3-4-14(9-18)20(25)23(2)10-15-8-17(24(26)27)6-7-19(15)21/h3-9,12H,10-11H2,1-2H3. The first-order valence-corrected chi connectivity index (χ1v) is 9.91. The van der Waals surface area contributed by atoms with Gasteiger partial charge in [0.15, 0.2) is 0 Å². The number of aromatic nitrogens is 1. The number of nitro benzene ring substituents is 1. The van der Waals surface area contributed by atoms with Crippen molar-refractivity contribution < 1.29 is 14.5 Å². The monoisotopic (exact) mass is 431 g/mol. The summed E-state index contributed by atoms with van der Waals surface area (Å²) in [4.78, 5) is 29.1. The summed E-state index contributed by atoms with van der Waals surface area (Å²) < 4.78 is 5.73. The summed E-state index contributed by atoms with van der Waals surface area (Å²) in [6, 6.07) is 11.0. The van der Waals surface area contributed by atoms with E-state index in [1.807, 2.05) is 12.3 Å². The highest BCUT2D eigenvalue weighted by Crippen LogP contribution is 2.24. The second-order valence-electron chi connectivity index (χ2n) is 6.37. The number of ether oxygens (including phenoxy) is 1. The van der Waals surface area contributed by atoms with Gasteiger partial charge in [-0.3, -0.25) is 14.9 Å². The van der Waals surface area contributed by atoms with Crippen molar-refractivity contribution in [2.24, 2.45) is 0 Å². The predicted molar refractivity (Wildman–Crippen MR) is 112 cm³/mol. The molecule has 150 valence electrons. The van der Waals surface area contributed by atoms with E-state index in [0.29, 0.717) is 28.5 Å². The van der Waals surface area contributed by atoms with Crippen LogP contribution in [0.1, 0.15) is 26.6 Å². The van der Waals surface area contributed by atoms with Crippen LogP contribution in [-0.2, 0) is 13.2 Å². The van der Waals surface area contributed by atoms with Gasteiger partial charge in [-0.2, -0.15) is 0 Å². The molecule has 0 aliphatic heterocycles. The molecule has 2 aromatic carbocycles. The number of carbonyl (C=O) groups is 1. The molecule has 1 heterocycles. The topological polar surface area (TPSA) is 85.6 Å². The Bertz CT molecular complexity index is 1050. The Morgan fingerprint density at radius 2 is 2.10 bits per heavy atom. The van der Waals surface area contributed by atoms with Crippen LogP contribution in [-0.4, -0.2) is 27.8 Å². The smallest absolute Gasteiger partial charge is 0.269 e. The molecule has 0 unspecified atom stereocenters. The fourth-order valence-electron chi connectivity index (χ4n) is 2.69. The maximum Gasteiger partial charge on any atom is 0.269 e. The molecule has 29 heavy (non-hydrogen) atoms. The molecular formula is C20H18ClN3O4S. The minimum atomic E-state index is -0.494. The van der Waals surface area contributed by atoms with Gasteiger partial charge in [-0.25, -0.2) is 4.98 Å². The summed E-state index contributed by atoms with van der Waals surface area (Å²) in [5.41, 5.74) is 1.71. The van der Waals surface area contributed by atoms with Gasteiger partial charge >= 0.3 is 0 Å². The normalized spacial score (nSPS) is 10.6. The van der Waals surface area contributed by atoms with E-state index in [1.165, 1.54) is 23.1 Å². The van der Waals surface area contributed by atoms with Crippen molar-refractivity contribution in [1.82, 2.24) is 9.88 Å². The number of halogens is 1. The first-order chi connectivity index (χ1) is 13.8. The fraction of sp³-hybridized carbons (Fsp3) is 0.200. The molecule has 0 atom stereocenters. The van der Waals surface area contributed by atoms with Gasteiger partial charge in [-0.15, -0.1) is 11.3 Å². The lowest BCUT2D eigenvalue weighted by Crippen LogP contribution is -2.26. The quantitative estimate of drug-likeness (QED) is 0.393. The van der Waals surface area contributed by atoms with Crippen molar-refractivity contribution in [2.75, 3.05) is 7.05 Å². The van der Waals surface area contributed by atoms with Crippen molar-refractivity contribution in [3.05, 3.63) is 84.8 Å². The number of hydrogen-bond donors (Lipinski definition) is 0. The van der Waals surface area contributed by atoms with Crippen molar-refractivity contribution in [3.8, 4) is 5.75 Å². The number of nitro groups is 1. The van der Waals surface area contributed by atoms with Crippen LogP contribution in [0.5, 0.6) is 5.75 Å². The van der Waals surface area contributed by atoms with E-state index in [2.05, 4.69) is 4.98 Å². The fourth-order valence-corrected chi connectivity index (χ4v) is 3.47. The Labute approximate surface area is 176 Å². The SMILES string of the molecule is Cc1nc(COc2cccc(C(=O)N(C)Cc3cc([N+](=O)[O-])ccc3Cl)c2)cs1. The Morgan fingerprint density at radius 3 is 2.79 bits per heavy atom. The van der Waals surface area contributed by atoms with E-state index in [4.69, 9.17) is 16.3 Å². The van der Waals surface area contributed by atoms with Gasteiger partial charge in [0.1, 0.15) is 12.4 Å². The highest BCUT2D eigenvalue weighted by atomic mass is 35.5. The second-order valence-corrected chi connectivity index (χ2v) is 7.84. The van der Waals surface area contributed by atoms with Crippen molar-refractivity contribution >= 4 is 34.5 Å². The van der Waals surface area contributed by atoms with E-state index in [1.54, 1.807) is 42.6 Å². The number of amides is 1. The summed E-state index contributed by atoms with van der Waals surface area (Å²) in [5.74, 6) is 0.311. The second kappa shape index (κ2) is 9.02. The van der Waals surface area contributed by atoms with Crippen LogP contribution in [0.3, 0.4) is 0 Å². The first kappa shape index (κ1) is 20.8. The number of carbonyl (C=O) groups excluding carboxylic acids is 1. The molecule has 0 spiro atoms. The number of benzene rings is 2. The van der Waals surface area contributed by atoms with Crippen LogP contribution in [0.15, 0.2) is 47.8 Å². The van der Waals surface area contributed by atoms with Crippen LogP contribution < -0.4 is 4.74 Å². The molecule has 0 saturated carbocycles. The summed E-state index contributed by atoms with van der Waals surface area (Å²) in [7, 11) is 1.61. The zero-order chi connectivity index (χ0) is 21.0. The molecule has 0 N–H and O–H groups in total. The van der Waals surface area contributed by atoms with Gasteiger partial charge in [-0.05, 0) is 36.8 Å². The molecule has 1 aromatic heterocycles. The molecule has 0 aliphatic rings. The van der Waals surface area contributed by atoms with Gasteiger partial charge < -0.3 is 9.64 Å². The molecule has 3 rings (SSSR count). The van der Waals surface area contributed by atoms with Crippen molar-refractivity contribution in [2.45, 2.75) is 20.1 Å². The first-order valence-electron chi connectivity index (χ1n) is 8.65. The maximum absolute atomic E-state index is 12.8. The van der Waals surface area contributed by atoms with E-state index < -0.39 is 4.92 Å². The highest BCUT2D eigenvalue weighted by Gasteiger charge is 2.16. The predicted octanol–water partition coefficient (Wildman–Crippen LogP) is 4.86. The Morgan fingerprint density at radius 1 is 1.31 bits per heavy atom. The Balaban J connectivity index is 1.69.